The number of rotatable bonds is 4. The van der Waals surface area contributed by atoms with E-state index in [1.165, 1.54) is 18.2 Å². The summed E-state index contributed by atoms with van der Waals surface area (Å²) in [5.74, 6) is -2.87. The third kappa shape index (κ3) is 3.75. The topological polar surface area (TPSA) is 104 Å². The number of aryl methyl sites for hydroxylation is 1. The van der Waals surface area contributed by atoms with Gasteiger partial charge in [-0.1, -0.05) is 0 Å². The van der Waals surface area contributed by atoms with Crippen LogP contribution in [0.3, 0.4) is 0 Å². The van der Waals surface area contributed by atoms with Crippen molar-refractivity contribution in [3.05, 3.63) is 41.5 Å². The molecule has 3 N–H and O–H groups in total. The number of anilines is 1. The molecule has 0 atom stereocenters. The Kier molecular flexibility index (Phi) is 4.20. The first-order chi connectivity index (χ1) is 8.40. The number of amides is 1. The number of carboxylic acid groups (broad SMARTS) is 2. The van der Waals surface area contributed by atoms with Crippen molar-refractivity contribution in [2.24, 2.45) is 0 Å². The van der Waals surface area contributed by atoms with Gasteiger partial charge in [0.25, 0.3) is 0 Å². The van der Waals surface area contributed by atoms with E-state index in [4.69, 9.17) is 10.2 Å². The van der Waals surface area contributed by atoms with E-state index in [-0.39, 0.29) is 5.56 Å². The van der Waals surface area contributed by atoms with Crippen molar-refractivity contribution < 1.29 is 24.6 Å². The number of hydrogen-bond acceptors (Lipinski definition) is 3. The molecule has 0 bridgehead atoms. The summed E-state index contributed by atoms with van der Waals surface area (Å²) in [6, 6.07) is 4.22. The van der Waals surface area contributed by atoms with Gasteiger partial charge in [-0.3, -0.25) is 4.79 Å². The van der Waals surface area contributed by atoms with Gasteiger partial charge in [0.1, 0.15) is 0 Å². The molecule has 1 rings (SSSR count). The van der Waals surface area contributed by atoms with Crippen LogP contribution in [0, 0.1) is 6.92 Å². The molecule has 0 saturated heterocycles. The molecule has 94 valence electrons. The largest absolute Gasteiger partial charge is 0.478 e. The van der Waals surface area contributed by atoms with Crippen molar-refractivity contribution in [3.8, 4) is 0 Å². The normalized spacial score (nSPS) is 10.3. The lowest BCUT2D eigenvalue weighted by molar-refractivity contribution is -0.131. The van der Waals surface area contributed by atoms with Crippen molar-refractivity contribution >= 4 is 23.5 Å². The van der Waals surface area contributed by atoms with Gasteiger partial charge in [0.15, 0.2) is 0 Å². The summed E-state index contributed by atoms with van der Waals surface area (Å²) in [5.41, 5.74) is 1.12. The molecule has 0 unspecified atom stereocenters. The predicted octanol–water partition coefficient (Wildman–Crippen LogP) is 1.27. The zero-order valence-corrected chi connectivity index (χ0v) is 9.51. The molecule has 0 aliphatic heterocycles. The molecule has 6 heteroatoms. The molecule has 0 aromatic heterocycles. The van der Waals surface area contributed by atoms with Gasteiger partial charge >= 0.3 is 11.9 Å². The average molecular weight is 249 g/mol. The summed E-state index contributed by atoms with van der Waals surface area (Å²) < 4.78 is 0. The van der Waals surface area contributed by atoms with Crippen LogP contribution in [-0.4, -0.2) is 28.1 Å². The summed E-state index contributed by atoms with van der Waals surface area (Å²) in [5, 5.41) is 19.6. The van der Waals surface area contributed by atoms with Crippen LogP contribution >= 0.6 is 0 Å². The monoisotopic (exact) mass is 249 g/mol. The number of benzene rings is 1. The van der Waals surface area contributed by atoms with Crippen molar-refractivity contribution in [3.63, 3.8) is 0 Å². The van der Waals surface area contributed by atoms with Crippen LogP contribution in [-0.2, 0) is 9.59 Å². The zero-order valence-electron chi connectivity index (χ0n) is 9.51. The molecule has 1 aromatic carbocycles. The number of carboxylic acids is 2. The highest BCUT2D eigenvalue weighted by molar-refractivity contribution is 6.03. The van der Waals surface area contributed by atoms with Crippen molar-refractivity contribution in [1.29, 1.82) is 0 Å². The van der Waals surface area contributed by atoms with Gasteiger partial charge in [-0.15, -0.1) is 0 Å². The second-order valence-electron chi connectivity index (χ2n) is 3.50. The van der Waals surface area contributed by atoms with E-state index in [0.29, 0.717) is 11.3 Å². The Bertz CT molecular complexity index is 533. The SMILES string of the molecule is Cc1cc(C(=O)O)ccc1NC(=O)/C=C/C(=O)O. The van der Waals surface area contributed by atoms with Crippen LogP contribution < -0.4 is 5.32 Å². The predicted molar refractivity (Wildman–Crippen MR) is 63.5 cm³/mol. The summed E-state index contributed by atoms with van der Waals surface area (Å²) in [6.45, 7) is 1.64. The first kappa shape index (κ1) is 13.4. The minimum Gasteiger partial charge on any atom is -0.478 e. The lowest BCUT2D eigenvalue weighted by Gasteiger charge is -2.06. The molecular weight excluding hydrogens is 238 g/mol. The first-order valence-electron chi connectivity index (χ1n) is 4.96. The molecule has 0 aliphatic carbocycles. The molecule has 0 heterocycles. The van der Waals surface area contributed by atoms with E-state index in [0.717, 1.165) is 12.2 Å². The van der Waals surface area contributed by atoms with Crippen LogP contribution in [0.25, 0.3) is 0 Å². The van der Waals surface area contributed by atoms with Gasteiger partial charge < -0.3 is 15.5 Å². The van der Waals surface area contributed by atoms with Crippen LogP contribution in [0.2, 0.25) is 0 Å². The zero-order chi connectivity index (χ0) is 13.7. The van der Waals surface area contributed by atoms with Crippen LogP contribution in [0.5, 0.6) is 0 Å². The van der Waals surface area contributed by atoms with Gasteiger partial charge in [-0.05, 0) is 30.7 Å². The molecule has 0 spiro atoms. The van der Waals surface area contributed by atoms with Crippen LogP contribution in [0.15, 0.2) is 30.4 Å². The Morgan fingerprint density at radius 3 is 2.33 bits per heavy atom. The van der Waals surface area contributed by atoms with Crippen LogP contribution in [0.4, 0.5) is 5.69 Å². The Balaban J connectivity index is 2.83. The fourth-order valence-corrected chi connectivity index (χ4v) is 1.26. The number of carbonyl (C=O) groups is 3. The van der Waals surface area contributed by atoms with E-state index in [9.17, 15) is 14.4 Å². The van der Waals surface area contributed by atoms with E-state index in [2.05, 4.69) is 5.32 Å². The number of hydrogen-bond donors (Lipinski definition) is 3. The molecule has 0 radical (unpaired) electrons. The quantitative estimate of drug-likeness (QED) is 0.697. The Hall–Kier alpha value is -2.63. The van der Waals surface area contributed by atoms with E-state index < -0.39 is 17.8 Å². The van der Waals surface area contributed by atoms with E-state index >= 15 is 0 Å². The molecule has 1 aromatic rings. The molecule has 18 heavy (non-hydrogen) atoms. The summed E-state index contributed by atoms with van der Waals surface area (Å²) >= 11 is 0. The molecule has 6 nitrogen and oxygen atoms in total. The van der Waals surface area contributed by atoms with E-state index in [1.54, 1.807) is 6.92 Å². The Morgan fingerprint density at radius 2 is 1.83 bits per heavy atom. The molecule has 0 aliphatic rings. The van der Waals surface area contributed by atoms with Gasteiger partial charge in [-0.2, -0.15) is 0 Å². The standard InChI is InChI=1S/C12H11NO5/c1-7-6-8(12(17)18)2-3-9(7)13-10(14)4-5-11(15)16/h2-6H,1H3,(H,13,14)(H,15,16)(H,17,18)/b5-4+. The second-order valence-corrected chi connectivity index (χ2v) is 3.50. The van der Waals surface area contributed by atoms with Gasteiger partial charge in [0.05, 0.1) is 5.56 Å². The highest BCUT2D eigenvalue weighted by Gasteiger charge is 2.07. The summed E-state index contributed by atoms with van der Waals surface area (Å²) in [6.07, 6.45) is 1.60. The molecule has 1 amide bonds. The minimum absolute atomic E-state index is 0.117. The molecule has 0 saturated carbocycles. The highest BCUT2D eigenvalue weighted by atomic mass is 16.4. The summed E-state index contributed by atoms with van der Waals surface area (Å²) in [7, 11) is 0. The van der Waals surface area contributed by atoms with E-state index in [1.807, 2.05) is 0 Å². The summed E-state index contributed by atoms with van der Waals surface area (Å²) in [4.78, 5) is 32.2. The fourth-order valence-electron chi connectivity index (χ4n) is 1.26. The maximum atomic E-state index is 11.3. The van der Waals surface area contributed by atoms with Gasteiger partial charge in [-0.25, -0.2) is 9.59 Å². The Morgan fingerprint density at radius 1 is 1.17 bits per heavy atom. The smallest absolute Gasteiger partial charge is 0.335 e. The van der Waals surface area contributed by atoms with Crippen molar-refractivity contribution in [1.82, 2.24) is 0 Å². The molecule has 0 fully saturated rings. The van der Waals surface area contributed by atoms with Crippen molar-refractivity contribution in [2.45, 2.75) is 6.92 Å². The number of nitrogens with one attached hydrogen (secondary N) is 1. The lowest BCUT2D eigenvalue weighted by atomic mass is 10.1. The number of carbonyl (C=O) groups excluding carboxylic acids is 1. The second kappa shape index (κ2) is 5.62. The minimum atomic E-state index is -1.22. The van der Waals surface area contributed by atoms with Crippen molar-refractivity contribution in [2.75, 3.05) is 5.32 Å². The molecular formula is C12H11NO5. The van der Waals surface area contributed by atoms with Gasteiger partial charge in [0, 0.05) is 17.8 Å². The maximum absolute atomic E-state index is 11.3. The lowest BCUT2D eigenvalue weighted by Crippen LogP contribution is -2.10. The van der Waals surface area contributed by atoms with Gasteiger partial charge in [0.2, 0.25) is 5.91 Å². The third-order valence-electron chi connectivity index (χ3n) is 2.11. The maximum Gasteiger partial charge on any atom is 0.335 e. The number of aromatic carboxylic acids is 1. The Labute approximate surface area is 103 Å². The fraction of sp³-hybridized carbons (Fsp3) is 0.0833. The third-order valence-corrected chi connectivity index (χ3v) is 2.11. The van der Waals surface area contributed by atoms with Crippen LogP contribution in [0.1, 0.15) is 15.9 Å². The average Bonchev–Trinajstić information content (AvgIpc) is 2.29. The number of aliphatic carboxylic acids is 1. The highest BCUT2D eigenvalue weighted by Crippen LogP contribution is 2.16. The first-order valence-corrected chi connectivity index (χ1v) is 4.96.